The zero-order valence-corrected chi connectivity index (χ0v) is 14.6. The molecule has 0 amide bonds. The van der Waals surface area contributed by atoms with Gasteiger partial charge in [-0.15, -0.1) is 0 Å². The van der Waals surface area contributed by atoms with Crippen LogP contribution in [-0.4, -0.2) is 25.8 Å². The average molecular weight is 329 g/mol. The van der Waals surface area contributed by atoms with Gasteiger partial charge in [-0.2, -0.15) is 4.31 Å². The second kappa shape index (κ2) is 6.46. The zero-order chi connectivity index (χ0) is 16.4. The SMILES string of the molecule is Cc1ccc(C)c(Cc2ccccc2S(=O)(=O)N2CCCC2)c1. The molecule has 2 aromatic carbocycles. The normalized spacial score (nSPS) is 15.9. The molecule has 0 N–H and O–H groups in total. The molecule has 1 heterocycles. The van der Waals surface area contributed by atoms with E-state index in [9.17, 15) is 8.42 Å². The largest absolute Gasteiger partial charge is 0.243 e. The van der Waals surface area contributed by atoms with E-state index >= 15 is 0 Å². The first kappa shape index (κ1) is 16.2. The number of rotatable bonds is 4. The first-order valence-electron chi connectivity index (χ1n) is 8.12. The van der Waals surface area contributed by atoms with Crippen LogP contribution < -0.4 is 0 Å². The summed E-state index contributed by atoms with van der Waals surface area (Å²) in [7, 11) is -3.38. The third-order valence-corrected chi connectivity index (χ3v) is 6.54. The second-order valence-corrected chi connectivity index (χ2v) is 8.23. The van der Waals surface area contributed by atoms with Crippen molar-refractivity contribution in [2.75, 3.05) is 13.1 Å². The molecule has 0 aliphatic carbocycles. The van der Waals surface area contributed by atoms with Gasteiger partial charge in [0, 0.05) is 13.1 Å². The van der Waals surface area contributed by atoms with Crippen LogP contribution in [0.4, 0.5) is 0 Å². The van der Waals surface area contributed by atoms with Crippen molar-refractivity contribution in [3.8, 4) is 0 Å². The number of hydrogen-bond donors (Lipinski definition) is 0. The molecule has 4 heteroatoms. The molecule has 0 atom stereocenters. The molecule has 2 aromatic rings. The molecule has 0 bridgehead atoms. The number of aryl methyl sites for hydroxylation is 2. The molecule has 0 aromatic heterocycles. The van der Waals surface area contributed by atoms with E-state index in [4.69, 9.17) is 0 Å². The van der Waals surface area contributed by atoms with Crippen LogP contribution in [0.15, 0.2) is 47.4 Å². The van der Waals surface area contributed by atoms with Crippen molar-refractivity contribution in [2.45, 2.75) is 38.0 Å². The Balaban J connectivity index is 1.99. The maximum atomic E-state index is 12.9. The number of benzene rings is 2. The lowest BCUT2D eigenvalue weighted by molar-refractivity contribution is 0.477. The highest BCUT2D eigenvalue weighted by molar-refractivity contribution is 7.89. The topological polar surface area (TPSA) is 37.4 Å². The fourth-order valence-electron chi connectivity index (χ4n) is 3.16. The van der Waals surface area contributed by atoms with Crippen molar-refractivity contribution in [1.29, 1.82) is 0 Å². The minimum atomic E-state index is -3.38. The first-order chi connectivity index (χ1) is 11.0. The van der Waals surface area contributed by atoms with Gasteiger partial charge in [0.05, 0.1) is 4.90 Å². The van der Waals surface area contributed by atoms with E-state index in [1.54, 1.807) is 10.4 Å². The van der Waals surface area contributed by atoms with Gasteiger partial charge in [-0.3, -0.25) is 0 Å². The van der Waals surface area contributed by atoms with E-state index in [-0.39, 0.29) is 0 Å². The van der Waals surface area contributed by atoms with Gasteiger partial charge in [0.25, 0.3) is 0 Å². The fraction of sp³-hybridized carbons (Fsp3) is 0.368. The predicted molar refractivity (Wildman–Crippen MR) is 93.2 cm³/mol. The Labute approximate surface area is 139 Å². The molecule has 1 saturated heterocycles. The van der Waals surface area contributed by atoms with E-state index in [0.29, 0.717) is 24.4 Å². The summed E-state index contributed by atoms with van der Waals surface area (Å²) < 4.78 is 27.5. The van der Waals surface area contributed by atoms with Crippen LogP contribution in [0.3, 0.4) is 0 Å². The van der Waals surface area contributed by atoms with Crippen molar-refractivity contribution < 1.29 is 8.42 Å². The Bertz CT molecular complexity index is 806. The van der Waals surface area contributed by atoms with Gasteiger partial charge in [-0.05, 0) is 55.9 Å². The smallest absolute Gasteiger partial charge is 0.207 e. The standard InChI is InChI=1S/C19H23NO2S/c1-15-9-10-16(2)18(13-15)14-17-7-3-4-8-19(17)23(21,22)20-11-5-6-12-20/h3-4,7-10,13H,5-6,11-12,14H2,1-2H3. The molecule has 0 spiro atoms. The third-order valence-electron chi connectivity index (χ3n) is 4.54. The lowest BCUT2D eigenvalue weighted by Crippen LogP contribution is -2.28. The highest BCUT2D eigenvalue weighted by atomic mass is 32.2. The van der Waals surface area contributed by atoms with Gasteiger partial charge in [0.2, 0.25) is 10.0 Å². The van der Waals surface area contributed by atoms with E-state index in [1.165, 1.54) is 16.7 Å². The summed E-state index contributed by atoms with van der Waals surface area (Å²) in [5.74, 6) is 0. The third kappa shape index (κ3) is 3.33. The Kier molecular flexibility index (Phi) is 4.55. The molecule has 1 aliphatic heterocycles. The highest BCUT2D eigenvalue weighted by Gasteiger charge is 2.28. The molecular formula is C19H23NO2S. The first-order valence-corrected chi connectivity index (χ1v) is 9.57. The van der Waals surface area contributed by atoms with Gasteiger partial charge in [0.15, 0.2) is 0 Å². The summed E-state index contributed by atoms with van der Waals surface area (Å²) in [6, 6.07) is 13.8. The van der Waals surface area contributed by atoms with Crippen LogP contribution in [-0.2, 0) is 16.4 Å². The summed E-state index contributed by atoms with van der Waals surface area (Å²) >= 11 is 0. The molecule has 0 radical (unpaired) electrons. The summed E-state index contributed by atoms with van der Waals surface area (Å²) in [5.41, 5.74) is 4.47. The summed E-state index contributed by atoms with van der Waals surface area (Å²) in [6.45, 7) is 5.42. The highest BCUT2D eigenvalue weighted by Crippen LogP contribution is 2.26. The van der Waals surface area contributed by atoms with Crippen LogP contribution in [0.5, 0.6) is 0 Å². The molecular weight excluding hydrogens is 306 g/mol. The molecule has 1 fully saturated rings. The molecule has 1 aliphatic rings. The number of hydrogen-bond acceptors (Lipinski definition) is 2. The van der Waals surface area contributed by atoms with Gasteiger partial charge < -0.3 is 0 Å². The van der Waals surface area contributed by atoms with E-state index in [0.717, 1.165) is 18.4 Å². The predicted octanol–water partition coefficient (Wildman–Crippen LogP) is 3.68. The minimum Gasteiger partial charge on any atom is -0.207 e. The van der Waals surface area contributed by atoms with Crippen molar-refractivity contribution in [1.82, 2.24) is 4.31 Å². The van der Waals surface area contributed by atoms with Crippen LogP contribution >= 0.6 is 0 Å². The molecule has 3 rings (SSSR count). The lowest BCUT2D eigenvalue weighted by atomic mass is 9.99. The molecule has 0 unspecified atom stereocenters. The van der Waals surface area contributed by atoms with E-state index in [2.05, 4.69) is 32.0 Å². The molecule has 23 heavy (non-hydrogen) atoms. The Hall–Kier alpha value is -1.65. The van der Waals surface area contributed by atoms with Crippen molar-refractivity contribution in [3.63, 3.8) is 0 Å². The summed E-state index contributed by atoms with van der Waals surface area (Å²) in [4.78, 5) is 0.461. The number of nitrogens with zero attached hydrogens (tertiary/aromatic N) is 1. The Morgan fingerprint density at radius 2 is 1.65 bits per heavy atom. The maximum Gasteiger partial charge on any atom is 0.243 e. The second-order valence-electron chi connectivity index (χ2n) is 6.33. The van der Waals surface area contributed by atoms with Crippen LogP contribution in [0.2, 0.25) is 0 Å². The van der Waals surface area contributed by atoms with Crippen molar-refractivity contribution >= 4 is 10.0 Å². The maximum absolute atomic E-state index is 12.9. The average Bonchev–Trinajstić information content (AvgIpc) is 3.06. The van der Waals surface area contributed by atoms with Crippen molar-refractivity contribution in [3.05, 3.63) is 64.7 Å². The van der Waals surface area contributed by atoms with E-state index < -0.39 is 10.0 Å². The molecule has 3 nitrogen and oxygen atoms in total. The van der Waals surface area contributed by atoms with Gasteiger partial charge in [-0.25, -0.2) is 8.42 Å². The van der Waals surface area contributed by atoms with Gasteiger partial charge in [0.1, 0.15) is 0 Å². The molecule has 0 saturated carbocycles. The van der Waals surface area contributed by atoms with Crippen molar-refractivity contribution in [2.24, 2.45) is 0 Å². The van der Waals surface area contributed by atoms with Gasteiger partial charge >= 0.3 is 0 Å². The fourth-order valence-corrected chi connectivity index (χ4v) is 4.90. The van der Waals surface area contributed by atoms with Crippen LogP contribution in [0.25, 0.3) is 0 Å². The quantitative estimate of drug-likeness (QED) is 0.858. The van der Waals surface area contributed by atoms with Gasteiger partial charge in [-0.1, -0.05) is 42.0 Å². The Morgan fingerprint density at radius 3 is 2.39 bits per heavy atom. The minimum absolute atomic E-state index is 0.461. The monoisotopic (exact) mass is 329 g/mol. The van der Waals surface area contributed by atoms with E-state index in [1.807, 2.05) is 18.2 Å². The lowest BCUT2D eigenvalue weighted by Gasteiger charge is -2.18. The Morgan fingerprint density at radius 1 is 0.957 bits per heavy atom. The zero-order valence-electron chi connectivity index (χ0n) is 13.7. The van der Waals surface area contributed by atoms with Crippen LogP contribution in [0.1, 0.15) is 35.1 Å². The summed E-state index contributed by atoms with van der Waals surface area (Å²) in [6.07, 6.45) is 2.56. The summed E-state index contributed by atoms with van der Waals surface area (Å²) in [5, 5.41) is 0. The van der Waals surface area contributed by atoms with Crippen LogP contribution in [0, 0.1) is 13.8 Å². The molecule has 122 valence electrons. The number of sulfonamides is 1.